The SMILES string of the molecule is CCOCc1cnc2n1CCN(C(=O)c1ccc3ncccc3c1)C2C.O=C(O)C(F)(F)F. The van der Waals surface area contributed by atoms with Gasteiger partial charge in [0.1, 0.15) is 5.82 Å². The summed E-state index contributed by atoms with van der Waals surface area (Å²) in [4.78, 5) is 32.7. The van der Waals surface area contributed by atoms with E-state index >= 15 is 0 Å². The Labute approximate surface area is 187 Å². The van der Waals surface area contributed by atoms with Crippen LogP contribution in [0.4, 0.5) is 13.2 Å². The van der Waals surface area contributed by atoms with Crippen molar-refractivity contribution in [1.29, 1.82) is 0 Å². The smallest absolute Gasteiger partial charge is 0.475 e. The lowest BCUT2D eigenvalue weighted by Gasteiger charge is -2.34. The topological polar surface area (TPSA) is 97.5 Å². The van der Waals surface area contributed by atoms with Gasteiger partial charge in [0.05, 0.1) is 30.1 Å². The molecule has 33 heavy (non-hydrogen) atoms. The average Bonchev–Trinajstić information content (AvgIpc) is 3.21. The second-order valence-electron chi connectivity index (χ2n) is 7.28. The van der Waals surface area contributed by atoms with Gasteiger partial charge in [0.15, 0.2) is 0 Å². The number of pyridine rings is 1. The third-order valence-electron chi connectivity index (χ3n) is 5.18. The summed E-state index contributed by atoms with van der Waals surface area (Å²) in [7, 11) is 0. The van der Waals surface area contributed by atoms with Crippen molar-refractivity contribution in [2.45, 2.75) is 39.2 Å². The Kier molecular flexibility index (Phi) is 7.32. The van der Waals surface area contributed by atoms with Gasteiger partial charge in [-0.25, -0.2) is 9.78 Å². The lowest BCUT2D eigenvalue weighted by molar-refractivity contribution is -0.192. The molecule has 1 aliphatic heterocycles. The van der Waals surface area contributed by atoms with Crippen LogP contribution in [0.25, 0.3) is 10.9 Å². The molecule has 1 unspecified atom stereocenters. The van der Waals surface area contributed by atoms with Gasteiger partial charge in [0, 0.05) is 36.8 Å². The maximum absolute atomic E-state index is 13.1. The van der Waals surface area contributed by atoms with E-state index in [4.69, 9.17) is 14.6 Å². The summed E-state index contributed by atoms with van der Waals surface area (Å²) in [6, 6.07) is 9.46. The maximum Gasteiger partial charge on any atom is 0.490 e. The zero-order valence-corrected chi connectivity index (χ0v) is 18.0. The molecule has 0 fully saturated rings. The molecule has 1 aromatic carbocycles. The molecule has 0 saturated carbocycles. The van der Waals surface area contributed by atoms with E-state index in [1.807, 2.05) is 55.3 Å². The first kappa shape index (κ1) is 24.2. The van der Waals surface area contributed by atoms with Crippen molar-refractivity contribution in [2.75, 3.05) is 13.2 Å². The minimum Gasteiger partial charge on any atom is -0.475 e. The van der Waals surface area contributed by atoms with Crippen molar-refractivity contribution in [3.8, 4) is 0 Å². The average molecular weight is 464 g/mol. The number of ether oxygens (including phenoxy) is 1. The van der Waals surface area contributed by atoms with Crippen LogP contribution in [0.1, 0.15) is 41.8 Å². The number of amides is 1. The number of halogens is 3. The fourth-order valence-corrected chi connectivity index (χ4v) is 3.53. The Balaban J connectivity index is 0.000000383. The molecule has 3 heterocycles. The number of hydrogen-bond acceptors (Lipinski definition) is 5. The van der Waals surface area contributed by atoms with Crippen LogP contribution >= 0.6 is 0 Å². The van der Waals surface area contributed by atoms with Crippen molar-refractivity contribution >= 4 is 22.8 Å². The summed E-state index contributed by atoms with van der Waals surface area (Å²) < 4.78 is 39.4. The Morgan fingerprint density at radius 1 is 1.21 bits per heavy atom. The second kappa shape index (κ2) is 9.99. The number of imidazole rings is 1. The van der Waals surface area contributed by atoms with Crippen LogP contribution in [-0.2, 0) is 22.7 Å². The minimum atomic E-state index is -5.08. The molecule has 0 bridgehead atoms. The van der Waals surface area contributed by atoms with E-state index in [1.54, 1.807) is 6.20 Å². The van der Waals surface area contributed by atoms with E-state index in [2.05, 4.69) is 14.5 Å². The number of benzene rings is 1. The number of carbonyl (C=O) groups is 2. The Hall–Kier alpha value is -3.47. The lowest BCUT2D eigenvalue weighted by atomic mass is 10.1. The molecule has 0 aliphatic carbocycles. The Morgan fingerprint density at radius 3 is 2.61 bits per heavy atom. The van der Waals surface area contributed by atoms with Gasteiger partial charge < -0.3 is 19.3 Å². The predicted octanol–water partition coefficient (Wildman–Crippen LogP) is 3.82. The summed E-state index contributed by atoms with van der Waals surface area (Å²) in [5.41, 5.74) is 2.65. The highest BCUT2D eigenvalue weighted by atomic mass is 19.4. The van der Waals surface area contributed by atoms with Crippen LogP contribution in [0.15, 0.2) is 42.7 Å². The first-order valence-electron chi connectivity index (χ1n) is 10.2. The monoisotopic (exact) mass is 464 g/mol. The normalized spacial score (nSPS) is 15.5. The molecular formula is C22H23F3N4O4. The highest BCUT2D eigenvalue weighted by Gasteiger charge is 2.38. The summed E-state index contributed by atoms with van der Waals surface area (Å²) in [6.07, 6.45) is -1.46. The molecule has 8 nitrogen and oxygen atoms in total. The number of carboxylic acid groups (broad SMARTS) is 1. The van der Waals surface area contributed by atoms with Crippen LogP contribution < -0.4 is 0 Å². The fourth-order valence-electron chi connectivity index (χ4n) is 3.53. The highest BCUT2D eigenvalue weighted by molar-refractivity contribution is 5.98. The van der Waals surface area contributed by atoms with Crippen LogP contribution in [0.5, 0.6) is 0 Å². The molecule has 11 heteroatoms. The van der Waals surface area contributed by atoms with Crippen LogP contribution in [0.2, 0.25) is 0 Å². The van der Waals surface area contributed by atoms with E-state index in [-0.39, 0.29) is 11.9 Å². The highest BCUT2D eigenvalue weighted by Crippen LogP contribution is 2.27. The van der Waals surface area contributed by atoms with Gasteiger partial charge in [0.25, 0.3) is 5.91 Å². The van der Waals surface area contributed by atoms with E-state index in [0.717, 1.165) is 29.0 Å². The third kappa shape index (κ3) is 5.48. The van der Waals surface area contributed by atoms with Gasteiger partial charge in [-0.2, -0.15) is 13.2 Å². The van der Waals surface area contributed by atoms with E-state index in [0.29, 0.717) is 25.3 Å². The van der Waals surface area contributed by atoms with Crippen LogP contribution in [-0.4, -0.2) is 55.7 Å². The number of hydrogen-bond donors (Lipinski definition) is 1. The van der Waals surface area contributed by atoms with Crippen molar-refractivity contribution in [3.05, 3.63) is 59.8 Å². The first-order valence-corrected chi connectivity index (χ1v) is 10.2. The first-order chi connectivity index (χ1) is 15.6. The molecule has 0 radical (unpaired) electrons. The molecular weight excluding hydrogens is 441 g/mol. The summed E-state index contributed by atoms with van der Waals surface area (Å²) in [5, 5.41) is 8.10. The number of aromatic nitrogens is 3. The van der Waals surface area contributed by atoms with Gasteiger partial charge in [-0.3, -0.25) is 9.78 Å². The second-order valence-corrected chi connectivity index (χ2v) is 7.28. The van der Waals surface area contributed by atoms with Gasteiger partial charge in [0.2, 0.25) is 0 Å². The number of fused-ring (bicyclic) bond motifs is 2. The predicted molar refractivity (Wildman–Crippen MR) is 112 cm³/mol. The van der Waals surface area contributed by atoms with Gasteiger partial charge >= 0.3 is 12.1 Å². The number of rotatable bonds is 4. The van der Waals surface area contributed by atoms with Crippen molar-refractivity contribution in [3.63, 3.8) is 0 Å². The zero-order chi connectivity index (χ0) is 24.2. The molecule has 3 aromatic rings. The van der Waals surface area contributed by atoms with E-state index < -0.39 is 12.1 Å². The molecule has 1 atom stereocenters. The van der Waals surface area contributed by atoms with Crippen LogP contribution in [0, 0.1) is 0 Å². The maximum atomic E-state index is 13.1. The zero-order valence-electron chi connectivity index (χ0n) is 18.0. The van der Waals surface area contributed by atoms with Gasteiger partial charge in [-0.15, -0.1) is 0 Å². The Bertz CT molecular complexity index is 1150. The van der Waals surface area contributed by atoms with Crippen LogP contribution in [0.3, 0.4) is 0 Å². The quantitative estimate of drug-likeness (QED) is 0.631. The van der Waals surface area contributed by atoms with E-state index in [1.165, 1.54) is 0 Å². The number of carbonyl (C=O) groups excluding carboxylic acids is 1. The minimum absolute atomic E-state index is 0.0314. The number of nitrogens with zero attached hydrogens (tertiary/aromatic N) is 4. The summed E-state index contributed by atoms with van der Waals surface area (Å²) in [6.45, 7) is 6.65. The molecule has 0 saturated heterocycles. The third-order valence-corrected chi connectivity index (χ3v) is 5.18. The molecule has 1 amide bonds. The van der Waals surface area contributed by atoms with Crippen molar-refractivity contribution in [2.24, 2.45) is 0 Å². The number of aliphatic carboxylic acids is 1. The van der Waals surface area contributed by atoms with Gasteiger partial charge in [-0.1, -0.05) is 6.07 Å². The molecule has 1 aliphatic rings. The summed E-state index contributed by atoms with van der Waals surface area (Å²) >= 11 is 0. The number of carboxylic acids is 1. The molecule has 176 valence electrons. The lowest BCUT2D eigenvalue weighted by Crippen LogP contribution is -2.41. The Morgan fingerprint density at radius 2 is 1.94 bits per heavy atom. The van der Waals surface area contributed by atoms with Crippen molar-refractivity contribution in [1.82, 2.24) is 19.4 Å². The number of alkyl halides is 3. The molecule has 4 rings (SSSR count). The fraction of sp³-hybridized carbons (Fsp3) is 0.364. The molecule has 0 spiro atoms. The van der Waals surface area contributed by atoms with E-state index in [9.17, 15) is 18.0 Å². The van der Waals surface area contributed by atoms with Crippen molar-refractivity contribution < 1.29 is 32.6 Å². The largest absolute Gasteiger partial charge is 0.490 e. The standard InChI is InChI=1S/C20H22N4O2.C2HF3O2/c1-3-26-13-17-12-22-19-14(2)23(9-10-24(17)19)20(25)16-6-7-18-15(11-16)5-4-8-21-18;3-2(4,5)1(6)7/h4-8,11-12,14H,3,9-10,13H2,1-2H3;(H,6,7). The summed E-state index contributed by atoms with van der Waals surface area (Å²) in [5.74, 6) is -1.81. The molecule has 2 aromatic heterocycles. The van der Waals surface area contributed by atoms with Gasteiger partial charge in [-0.05, 0) is 38.1 Å². The molecule has 1 N–H and O–H groups in total.